The van der Waals surface area contributed by atoms with Gasteiger partial charge < -0.3 is 10.6 Å². The van der Waals surface area contributed by atoms with E-state index in [1.807, 2.05) is 17.7 Å². The number of fused-ring (bicyclic) bond motifs is 1. The number of thiophene rings is 1. The summed E-state index contributed by atoms with van der Waals surface area (Å²) in [7, 11) is 0. The van der Waals surface area contributed by atoms with E-state index in [1.54, 1.807) is 17.0 Å². The number of rotatable bonds is 4. The van der Waals surface area contributed by atoms with Gasteiger partial charge in [-0.2, -0.15) is 5.10 Å². The molecule has 6 nitrogen and oxygen atoms in total. The average molecular weight is 400 g/mol. The van der Waals surface area contributed by atoms with Crippen molar-refractivity contribution in [1.82, 2.24) is 14.7 Å². The highest BCUT2D eigenvalue weighted by atomic mass is 32.1. The van der Waals surface area contributed by atoms with Crippen LogP contribution in [-0.4, -0.2) is 39.6 Å². The normalized spacial score (nSPS) is 17.2. The van der Waals surface area contributed by atoms with Gasteiger partial charge in [-0.05, 0) is 43.5 Å². The van der Waals surface area contributed by atoms with Crippen LogP contribution in [0.3, 0.4) is 0 Å². The van der Waals surface area contributed by atoms with Gasteiger partial charge in [0, 0.05) is 18.5 Å². The van der Waals surface area contributed by atoms with Crippen molar-refractivity contribution in [3.63, 3.8) is 0 Å². The SMILES string of the molecule is Cc1nn(Cc2ccc(F)cc2)c2sc(C(=O)N3CCCC(C(N)=O)C3)cc12. The fourth-order valence-corrected chi connectivity index (χ4v) is 4.77. The molecule has 1 saturated heterocycles. The molecule has 1 aromatic carbocycles. The second-order valence-corrected chi connectivity index (χ2v) is 8.22. The highest BCUT2D eigenvalue weighted by molar-refractivity contribution is 7.20. The smallest absolute Gasteiger partial charge is 0.264 e. The summed E-state index contributed by atoms with van der Waals surface area (Å²) in [5, 5.41) is 5.51. The van der Waals surface area contributed by atoms with E-state index >= 15 is 0 Å². The Morgan fingerprint density at radius 1 is 1.32 bits per heavy atom. The van der Waals surface area contributed by atoms with Gasteiger partial charge in [-0.15, -0.1) is 11.3 Å². The van der Waals surface area contributed by atoms with Crippen LogP contribution >= 0.6 is 11.3 Å². The molecule has 1 aliphatic heterocycles. The van der Waals surface area contributed by atoms with E-state index in [-0.39, 0.29) is 23.5 Å². The number of aryl methyl sites for hydroxylation is 1. The van der Waals surface area contributed by atoms with Crippen LogP contribution in [0.1, 0.15) is 33.8 Å². The van der Waals surface area contributed by atoms with Crippen molar-refractivity contribution in [2.45, 2.75) is 26.3 Å². The first-order valence-corrected chi connectivity index (χ1v) is 10.0. The molecule has 0 aliphatic carbocycles. The fourth-order valence-electron chi connectivity index (χ4n) is 3.64. The predicted octanol–water partition coefficient (Wildman–Crippen LogP) is 2.93. The first kappa shape index (κ1) is 18.6. The van der Waals surface area contributed by atoms with E-state index in [1.165, 1.54) is 23.5 Å². The van der Waals surface area contributed by atoms with Gasteiger partial charge in [0.2, 0.25) is 5.91 Å². The third-order valence-electron chi connectivity index (χ3n) is 5.17. The van der Waals surface area contributed by atoms with Crippen LogP contribution < -0.4 is 5.73 Å². The lowest BCUT2D eigenvalue weighted by Crippen LogP contribution is -2.43. The number of hydrogen-bond acceptors (Lipinski definition) is 4. The van der Waals surface area contributed by atoms with Crippen LogP contribution in [-0.2, 0) is 11.3 Å². The maximum absolute atomic E-state index is 13.1. The summed E-state index contributed by atoms with van der Waals surface area (Å²) < 4.78 is 15.0. The van der Waals surface area contributed by atoms with Gasteiger partial charge in [-0.1, -0.05) is 12.1 Å². The Morgan fingerprint density at radius 3 is 2.79 bits per heavy atom. The molecule has 1 fully saturated rings. The van der Waals surface area contributed by atoms with E-state index in [0.717, 1.165) is 34.3 Å². The highest BCUT2D eigenvalue weighted by Crippen LogP contribution is 2.30. The van der Waals surface area contributed by atoms with E-state index in [4.69, 9.17) is 5.73 Å². The number of carbonyl (C=O) groups excluding carboxylic acids is 2. The molecule has 2 N–H and O–H groups in total. The molecular formula is C20H21FN4O2S. The standard InChI is InChI=1S/C20H21FN4O2S/c1-12-16-9-17(19(27)24-8-2-3-14(11-24)18(22)26)28-20(16)25(23-12)10-13-4-6-15(21)7-5-13/h4-7,9,14H,2-3,8,10-11H2,1H3,(H2,22,26). The average Bonchev–Trinajstić information content (AvgIpc) is 3.24. The van der Waals surface area contributed by atoms with Crippen LogP contribution in [0, 0.1) is 18.7 Å². The van der Waals surface area contributed by atoms with Crippen molar-refractivity contribution in [2.75, 3.05) is 13.1 Å². The molecule has 146 valence electrons. The van der Waals surface area contributed by atoms with Crippen molar-refractivity contribution in [3.05, 3.63) is 52.3 Å². The molecule has 28 heavy (non-hydrogen) atoms. The van der Waals surface area contributed by atoms with Crippen LogP contribution in [0.15, 0.2) is 30.3 Å². The highest BCUT2D eigenvalue weighted by Gasteiger charge is 2.29. The van der Waals surface area contributed by atoms with Crippen molar-refractivity contribution < 1.29 is 14.0 Å². The lowest BCUT2D eigenvalue weighted by atomic mass is 9.97. The Labute approximate surface area is 165 Å². The van der Waals surface area contributed by atoms with Crippen molar-refractivity contribution >= 4 is 33.4 Å². The minimum Gasteiger partial charge on any atom is -0.369 e. The molecule has 2 aromatic heterocycles. The minimum atomic E-state index is -0.348. The number of carbonyl (C=O) groups is 2. The Hall–Kier alpha value is -2.74. The van der Waals surface area contributed by atoms with Crippen molar-refractivity contribution in [3.8, 4) is 0 Å². The topological polar surface area (TPSA) is 81.2 Å². The molecule has 1 aliphatic rings. The predicted molar refractivity (Wildman–Crippen MR) is 106 cm³/mol. The first-order valence-electron chi connectivity index (χ1n) is 9.22. The van der Waals surface area contributed by atoms with Gasteiger partial charge >= 0.3 is 0 Å². The third-order valence-corrected chi connectivity index (χ3v) is 6.31. The van der Waals surface area contributed by atoms with E-state index in [9.17, 15) is 14.0 Å². The Bertz CT molecular complexity index is 1040. The Morgan fingerprint density at radius 2 is 2.07 bits per heavy atom. The van der Waals surface area contributed by atoms with Crippen LogP contribution in [0.4, 0.5) is 4.39 Å². The number of primary amides is 1. The zero-order chi connectivity index (χ0) is 19.8. The molecule has 3 heterocycles. The minimum absolute atomic E-state index is 0.0696. The summed E-state index contributed by atoms with van der Waals surface area (Å²) in [5.74, 6) is -0.965. The maximum Gasteiger partial charge on any atom is 0.264 e. The second-order valence-electron chi connectivity index (χ2n) is 7.19. The molecule has 2 amide bonds. The number of nitrogens with zero attached hydrogens (tertiary/aromatic N) is 3. The third kappa shape index (κ3) is 3.52. The Balaban J connectivity index is 1.60. The number of piperidine rings is 1. The Kier molecular flexibility index (Phi) is 4.89. The van der Waals surface area contributed by atoms with Gasteiger partial charge in [-0.3, -0.25) is 14.3 Å². The first-order chi connectivity index (χ1) is 13.4. The zero-order valence-corrected chi connectivity index (χ0v) is 16.3. The number of amides is 2. The van der Waals surface area contributed by atoms with Gasteiger partial charge in [0.1, 0.15) is 10.6 Å². The molecule has 1 unspecified atom stereocenters. The maximum atomic E-state index is 13.1. The molecular weight excluding hydrogens is 379 g/mol. The zero-order valence-electron chi connectivity index (χ0n) is 15.5. The number of benzene rings is 1. The van der Waals surface area contributed by atoms with Crippen LogP contribution in [0.25, 0.3) is 10.2 Å². The molecule has 0 bridgehead atoms. The number of likely N-dealkylation sites (tertiary alicyclic amines) is 1. The largest absolute Gasteiger partial charge is 0.369 e. The van der Waals surface area contributed by atoms with E-state index in [2.05, 4.69) is 5.10 Å². The monoisotopic (exact) mass is 400 g/mol. The summed E-state index contributed by atoms with van der Waals surface area (Å²) in [6.45, 7) is 3.43. The fraction of sp³-hybridized carbons (Fsp3) is 0.350. The van der Waals surface area contributed by atoms with Crippen LogP contribution in [0.2, 0.25) is 0 Å². The van der Waals surface area contributed by atoms with Crippen molar-refractivity contribution in [1.29, 1.82) is 0 Å². The lowest BCUT2D eigenvalue weighted by Gasteiger charge is -2.30. The molecule has 0 radical (unpaired) electrons. The molecule has 1 atom stereocenters. The molecule has 3 aromatic rings. The number of hydrogen-bond donors (Lipinski definition) is 1. The van der Waals surface area contributed by atoms with Gasteiger partial charge in [0.25, 0.3) is 5.91 Å². The van der Waals surface area contributed by atoms with Gasteiger partial charge in [0.15, 0.2) is 0 Å². The summed E-state index contributed by atoms with van der Waals surface area (Å²) >= 11 is 1.40. The van der Waals surface area contributed by atoms with Gasteiger partial charge in [-0.25, -0.2) is 4.39 Å². The van der Waals surface area contributed by atoms with Crippen LogP contribution in [0.5, 0.6) is 0 Å². The van der Waals surface area contributed by atoms with E-state index in [0.29, 0.717) is 24.5 Å². The number of nitrogens with two attached hydrogens (primary N) is 1. The summed E-state index contributed by atoms with van der Waals surface area (Å²) in [6.07, 6.45) is 1.51. The molecule has 0 saturated carbocycles. The molecule has 8 heteroatoms. The molecule has 0 spiro atoms. The second kappa shape index (κ2) is 7.35. The number of halogens is 1. The van der Waals surface area contributed by atoms with Crippen molar-refractivity contribution in [2.24, 2.45) is 11.7 Å². The number of aromatic nitrogens is 2. The summed E-state index contributed by atoms with van der Waals surface area (Å²) in [5.41, 5.74) is 7.21. The molecule has 4 rings (SSSR count). The summed E-state index contributed by atoms with van der Waals surface area (Å²) in [6, 6.07) is 8.19. The van der Waals surface area contributed by atoms with E-state index < -0.39 is 0 Å². The quantitative estimate of drug-likeness (QED) is 0.731. The van der Waals surface area contributed by atoms with Gasteiger partial charge in [0.05, 0.1) is 23.0 Å². The summed E-state index contributed by atoms with van der Waals surface area (Å²) in [4.78, 5) is 27.7. The lowest BCUT2D eigenvalue weighted by molar-refractivity contribution is -0.123.